The van der Waals surface area contributed by atoms with Gasteiger partial charge in [-0.15, -0.1) is 0 Å². The highest BCUT2D eigenvalue weighted by molar-refractivity contribution is 9.10. The number of hydrogen-bond acceptors (Lipinski definition) is 3. The SMILES string of the molecule is CNCc1cc(Br)c(OCc2ccc(Cl)cc2)c(OC)c1. The van der Waals surface area contributed by atoms with Crippen molar-refractivity contribution in [1.82, 2.24) is 5.32 Å². The molecule has 2 rings (SSSR count). The van der Waals surface area contributed by atoms with E-state index < -0.39 is 0 Å². The topological polar surface area (TPSA) is 30.5 Å². The van der Waals surface area contributed by atoms with Crippen LogP contribution < -0.4 is 14.8 Å². The molecule has 0 unspecified atom stereocenters. The number of nitrogens with one attached hydrogen (secondary N) is 1. The first-order valence-electron chi connectivity index (χ1n) is 6.52. The number of hydrogen-bond donors (Lipinski definition) is 1. The Morgan fingerprint density at radius 2 is 1.86 bits per heavy atom. The van der Waals surface area contributed by atoms with E-state index in [0.717, 1.165) is 22.1 Å². The van der Waals surface area contributed by atoms with Crippen LogP contribution in [0.2, 0.25) is 5.02 Å². The average Bonchev–Trinajstić information content (AvgIpc) is 2.47. The maximum atomic E-state index is 5.88. The van der Waals surface area contributed by atoms with Gasteiger partial charge in [-0.3, -0.25) is 0 Å². The van der Waals surface area contributed by atoms with Gasteiger partial charge in [0.05, 0.1) is 11.6 Å². The molecule has 0 heterocycles. The van der Waals surface area contributed by atoms with Crippen LogP contribution in [0.4, 0.5) is 0 Å². The molecule has 0 fully saturated rings. The lowest BCUT2D eigenvalue weighted by Gasteiger charge is -2.14. The largest absolute Gasteiger partial charge is 0.493 e. The summed E-state index contributed by atoms with van der Waals surface area (Å²) >= 11 is 9.41. The molecule has 0 aliphatic heterocycles. The van der Waals surface area contributed by atoms with E-state index in [1.165, 1.54) is 0 Å². The number of rotatable bonds is 6. The second kappa shape index (κ2) is 7.69. The Bertz CT molecular complexity index is 602. The molecule has 0 radical (unpaired) electrons. The van der Waals surface area contributed by atoms with Crippen molar-refractivity contribution in [2.24, 2.45) is 0 Å². The van der Waals surface area contributed by atoms with Gasteiger partial charge in [0.15, 0.2) is 11.5 Å². The average molecular weight is 371 g/mol. The predicted molar refractivity (Wildman–Crippen MR) is 89.2 cm³/mol. The van der Waals surface area contributed by atoms with E-state index in [1.807, 2.05) is 43.4 Å². The highest BCUT2D eigenvalue weighted by Crippen LogP contribution is 2.37. The highest BCUT2D eigenvalue weighted by atomic mass is 79.9. The van der Waals surface area contributed by atoms with Crippen molar-refractivity contribution in [2.45, 2.75) is 13.2 Å². The predicted octanol–water partition coefficient (Wildman–Crippen LogP) is 4.41. The van der Waals surface area contributed by atoms with Crippen molar-refractivity contribution in [1.29, 1.82) is 0 Å². The molecular formula is C16H17BrClNO2. The molecule has 21 heavy (non-hydrogen) atoms. The molecule has 5 heteroatoms. The quantitative estimate of drug-likeness (QED) is 0.817. The molecule has 1 N–H and O–H groups in total. The lowest BCUT2D eigenvalue weighted by Crippen LogP contribution is -2.06. The van der Waals surface area contributed by atoms with Crippen LogP contribution in [0.3, 0.4) is 0 Å². The van der Waals surface area contributed by atoms with Crippen LogP contribution in [0, 0.1) is 0 Å². The second-order valence-corrected chi connectivity index (χ2v) is 5.85. The summed E-state index contributed by atoms with van der Waals surface area (Å²) in [5.74, 6) is 1.41. The van der Waals surface area contributed by atoms with Crippen molar-refractivity contribution in [3.05, 3.63) is 57.0 Å². The molecule has 2 aromatic carbocycles. The van der Waals surface area contributed by atoms with E-state index in [2.05, 4.69) is 21.2 Å². The van der Waals surface area contributed by atoms with Crippen LogP contribution in [-0.2, 0) is 13.2 Å². The summed E-state index contributed by atoms with van der Waals surface area (Å²) < 4.78 is 12.2. The van der Waals surface area contributed by atoms with Gasteiger partial charge in [0, 0.05) is 11.6 Å². The Morgan fingerprint density at radius 3 is 2.48 bits per heavy atom. The summed E-state index contributed by atoms with van der Waals surface area (Å²) in [4.78, 5) is 0. The van der Waals surface area contributed by atoms with Crippen LogP contribution in [0.1, 0.15) is 11.1 Å². The van der Waals surface area contributed by atoms with Gasteiger partial charge >= 0.3 is 0 Å². The number of ether oxygens (including phenoxy) is 2. The minimum absolute atomic E-state index is 0.456. The van der Waals surface area contributed by atoms with Crippen molar-refractivity contribution in [2.75, 3.05) is 14.2 Å². The van der Waals surface area contributed by atoms with Crippen molar-refractivity contribution in [3.63, 3.8) is 0 Å². The highest BCUT2D eigenvalue weighted by Gasteiger charge is 2.11. The van der Waals surface area contributed by atoms with Crippen LogP contribution in [-0.4, -0.2) is 14.2 Å². The molecule has 0 aliphatic rings. The third-order valence-corrected chi connectivity index (χ3v) is 3.81. The Labute approximate surface area is 138 Å². The molecule has 0 saturated carbocycles. The van der Waals surface area contributed by atoms with Gasteiger partial charge in [-0.2, -0.15) is 0 Å². The molecule has 0 aliphatic carbocycles. The molecule has 0 atom stereocenters. The van der Waals surface area contributed by atoms with E-state index in [1.54, 1.807) is 7.11 Å². The lowest BCUT2D eigenvalue weighted by atomic mass is 10.2. The van der Waals surface area contributed by atoms with Crippen molar-refractivity contribution < 1.29 is 9.47 Å². The van der Waals surface area contributed by atoms with Crippen LogP contribution in [0.5, 0.6) is 11.5 Å². The van der Waals surface area contributed by atoms with E-state index in [4.69, 9.17) is 21.1 Å². The zero-order chi connectivity index (χ0) is 15.2. The van der Waals surface area contributed by atoms with Crippen molar-refractivity contribution in [3.8, 4) is 11.5 Å². The summed E-state index contributed by atoms with van der Waals surface area (Å²) in [6.07, 6.45) is 0. The van der Waals surface area contributed by atoms with Gasteiger partial charge in [-0.1, -0.05) is 23.7 Å². The fraction of sp³-hybridized carbons (Fsp3) is 0.250. The smallest absolute Gasteiger partial charge is 0.175 e. The minimum atomic E-state index is 0.456. The third kappa shape index (κ3) is 4.37. The standard InChI is InChI=1S/C16H17BrClNO2/c1-19-9-12-7-14(17)16(15(8-12)20-2)21-10-11-3-5-13(18)6-4-11/h3-8,19H,9-10H2,1-2H3. The fourth-order valence-electron chi connectivity index (χ4n) is 1.96. The van der Waals surface area contributed by atoms with E-state index in [9.17, 15) is 0 Å². The first-order valence-corrected chi connectivity index (χ1v) is 7.69. The van der Waals surface area contributed by atoms with Crippen LogP contribution in [0.15, 0.2) is 40.9 Å². The van der Waals surface area contributed by atoms with E-state index in [0.29, 0.717) is 23.1 Å². The zero-order valence-electron chi connectivity index (χ0n) is 12.0. The minimum Gasteiger partial charge on any atom is -0.493 e. The van der Waals surface area contributed by atoms with Gasteiger partial charge in [0.1, 0.15) is 6.61 Å². The molecule has 0 saturated heterocycles. The molecule has 0 bridgehead atoms. The van der Waals surface area contributed by atoms with Gasteiger partial charge in [0.2, 0.25) is 0 Å². The lowest BCUT2D eigenvalue weighted by molar-refractivity contribution is 0.282. The van der Waals surface area contributed by atoms with Crippen LogP contribution in [0.25, 0.3) is 0 Å². The first-order chi connectivity index (χ1) is 10.1. The third-order valence-electron chi connectivity index (χ3n) is 2.97. The summed E-state index contributed by atoms with van der Waals surface area (Å²) in [6.45, 7) is 1.23. The Kier molecular flexibility index (Phi) is 5.91. The molecule has 0 aromatic heterocycles. The summed E-state index contributed by atoms with van der Waals surface area (Å²) in [6, 6.07) is 11.6. The molecule has 3 nitrogen and oxygen atoms in total. The fourth-order valence-corrected chi connectivity index (χ4v) is 2.69. The number of benzene rings is 2. The molecule has 112 valence electrons. The summed E-state index contributed by atoms with van der Waals surface area (Å²) in [7, 11) is 3.55. The van der Waals surface area contributed by atoms with Gasteiger partial charge in [-0.05, 0) is 58.4 Å². The Balaban J connectivity index is 2.16. The van der Waals surface area contributed by atoms with Crippen molar-refractivity contribution >= 4 is 27.5 Å². The number of halogens is 2. The molecule has 0 spiro atoms. The molecule has 0 amide bonds. The Hall–Kier alpha value is -1.23. The van der Waals surface area contributed by atoms with Gasteiger partial charge in [-0.25, -0.2) is 0 Å². The normalized spacial score (nSPS) is 10.5. The maximum Gasteiger partial charge on any atom is 0.175 e. The second-order valence-electron chi connectivity index (χ2n) is 4.55. The molecular weight excluding hydrogens is 354 g/mol. The van der Waals surface area contributed by atoms with Gasteiger partial charge in [0.25, 0.3) is 0 Å². The zero-order valence-corrected chi connectivity index (χ0v) is 14.3. The molecule has 2 aromatic rings. The first kappa shape index (κ1) is 16.1. The summed E-state index contributed by atoms with van der Waals surface area (Å²) in [5, 5.41) is 3.83. The van der Waals surface area contributed by atoms with E-state index in [-0.39, 0.29) is 0 Å². The summed E-state index contributed by atoms with van der Waals surface area (Å²) in [5.41, 5.74) is 2.17. The number of methoxy groups -OCH3 is 1. The van der Waals surface area contributed by atoms with E-state index >= 15 is 0 Å². The van der Waals surface area contributed by atoms with Gasteiger partial charge < -0.3 is 14.8 Å². The Morgan fingerprint density at radius 1 is 1.14 bits per heavy atom. The maximum absolute atomic E-state index is 5.88. The van der Waals surface area contributed by atoms with Crippen LogP contribution >= 0.6 is 27.5 Å². The monoisotopic (exact) mass is 369 g/mol.